The highest BCUT2D eigenvalue weighted by Crippen LogP contribution is 2.11. The summed E-state index contributed by atoms with van der Waals surface area (Å²) in [6.07, 6.45) is 0. The topological polar surface area (TPSA) is 54.4 Å². The molecule has 0 fully saturated rings. The molecular weight excluding hydrogens is 279 g/mol. The third kappa shape index (κ3) is 3.64. The van der Waals surface area contributed by atoms with E-state index in [2.05, 4.69) is 15.9 Å². The second kappa shape index (κ2) is 4.95. The van der Waals surface area contributed by atoms with Crippen LogP contribution in [-0.2, 0) is 15.4 Å². The Kier molecular flexibility index (Phi) is 4.91. The zero-order chi connectivity index (χ0) is 9.19. The Balaban J connectivity index is 0.00000144. The van der Waals surface area contributed by atoms with Crippen LogP contribution in [0.2, 0.25) is 0 Å². The van der Waals surface area contributed by atoms with Gasteiger partial charge in [-0.25, -0.2) is 0 Å². The summed E-state index contributed by atoms with van der Waals surface area (Å²) in [7, 11) is -4.04. The zero-order valence-electron chi connectivity index (χ0n) is 6.47. The Hall–Kier alpha value is -0.100. The molecule has 0 spiro atoms. The zero-order valence-corrected chi connectivity index (χ0v) is 9.69. The fourth-order valence-corrected chi connectivity index (χ4v) is 1.60. The van der Waals surface area contributed by atoms with E-state index in [-0.39, 0.29) is 17.3 Å². The van der Waals surface area contributed by atoms with Crippen LogP contribution < -0.4 is 0 Å². The molecule has 0 aromatic heterocycles. The number of halogens is 2. The van der Waals surface area contributed by atoms with Crippen LogP contribution in [0.4, 0.5) is 0 Å². The third-order valence-electron chi connectivity index (χ3n) is 1.38. The second-order valence-electron chi connectivity index (χ2n) is 2.25. The molecule has 0 aliphatic heterocycles. The summed E-state index contributed by atoms with van der Waals surface area (Å²) in [5.41, 5.74) is 0.961. The van der Waals surface area contributed by atoms with Crippen molar-refractivity contribution in [2.75, 3.05) is 0 Å². The van der Waals surface area contributed by atoms with E-state index in [0.717, 1.165) is 5.56 Å². The Morgan fingerprint density at radius 3 is 2.00 bits per heavy atom. The number of hydrogen-bond donors (Lipinski definition) is 1. The average Bonchev–Trinajstić information content (AvgIpc) is 2.03. The van der Waals surface area contributed by atoms with Crippen molar-refractivity contribution >= 4 is 38.5 Å². The van der Waals surface area contributed by atoms with Crippen molar-refractivity contribution in [2.24, 2.45) is 0 Å². The van der Waals surface area contributed by atoms with Crippen LogP contribution in [0.1, 0.15) is 5.56 Å². The van der Waals surface area contributed by atoms with E-state index in [0.29, 0.717) is 5.33 Å². The minimum absolute atomic E-state index is 0. The standard InChI is InChI=1S/C7H7BrO3S.ClH/c8-5-6-1-3-7(4-2-6)12(9,10)11;/h1-4H,5H2,(H,9,10,11);1H. The monoisotopic (exact) mass is 286 g/mol. The van der Waals surface area contributed by atoms with E-state index >= 15 is 0 Å². The van der Waals surface area contributed by atoms with E-state index in [1.54, 1.807) is 12.1 Å². The SMILES string of the molecule is Cl.O=S(=O)(O)c1ccc(CBr)cc1. The largest absolute Gasteiger partial charge is 0.294 e. The van der Waals surface area contributed by atoms with Crippen molar-refractivity contribution in [1.82, 2.24) is 0 Å². The van der Waals surface area contributed by atoms with Gasteiger partial charge in [-0.15, -0.1) is 12.4 Å². The van der Waals surface area contributed by atoms with E-state index in [1.165, 1.54) is 12.1 Å². The number of alkyl halides is 1. The molecule has 1 rings (SSSR count). The van der Waals surface area contributed by atoms with Gasteiger partial charge in [-0.3, -0.25) is 4.55 Å². The fourth-order valence-electron chi connectivity index (χ4n) is 0.751. The lowest BCUT2D eigenvalue weighted by atomic mass is 10.2. The molecule has 0 saturated carbocycles. The van der Waals surface area contributed by atoms with E-state index in [1.807, 2.05) is 0 Å². The van der Waals surface area contributed by atoms with Gasteiger partial charge in [0.25, 0.3) is 10.1 Å². The van der Waals surface area contributed by atoms with Crippen molar-refractivity contribution in [3.8, 4) is 0 Å². The van der Waals surface area contributed by atoms with Crippen LogP contribution in [0, 0.1) is 0 Å². The maximum Gasteiger partial charge on any atom is 0.294 e. The highest BCUT2D eigenvalue weighted by Gasteiger charge is 2.07. The highest BCUT2D eigenvalue weighted by molar-refractivity contribution is 9.08. The molecule has 0 aliphatic carbocycles. The Labute approximate surface area is 91.4 Å². The van der Waals surface area contributed by atoms with Gasteiger partial charge in [0.2, 0.25) is 0 Å². The molecule has 1 aromatic rings. The van der Waals surface area contributed by atoms with Crippen LogP contribution in [0.15, 0.2) is 29.2 Å². The molecule has 1 aromatic carbocycles. The van der Waals surface area contributed by atoms with Gasteiger partial charge >= 0.3 is 0 Å². The Bertz CT molecular complexity index is 360. The Morgan fingerprint density at radius 2 is 1.69 bits per heavy atom. The maximum atomic E-state index is 10.6. The summed E-state index contributed by atoms with van der Waals surface area (Å²) in [4.78, 5) is -0.0767. The van der Waals surface area contributed by atoms with Crippen LogP contribution in [0.25, 0.3) is 0 Å². The van der Waals surface area contributed by atoms with Crippen LogP contribution in [-0.4, -0.2) is 13.0 Å². The van der Waals surface area contributed by atoms with Gasteiger partial charge in [0.05, 0.1) is 4.90 Å². The minimum Gasteiger partial charge on any atom is -0.282 e. The highest BCUT2D eigenvalue weighted by atomic mass is 79.9. The van der Waals surface area contributed by atoms with Gasteiger partial charge in [-0.05, 0) is 17.7 Å². The molecule has 0 atom stereocenters. The molecule has 13 heavy (non-hydrogen) atoms. The van der Waals surface area contributed by atoms with Crippen LogP contribution in [0.3, 0.4) is 0 Å². The first-order valence-electron chi connectivity index (χ1n) is 3.16. The predicted molar refractivity (Wildman–Crippen MR) is 56.1 cm³/mol. The van der Waals surface area contributed by atoms with Crippen molar-refractivity contribution in [3.63, 3.8) is 0 Å². The van der Waals surface area contributed by atoms with Gasteiger partial charge in [-0.2, -0.15) is 8.42 Å². The van der Waals surface area contributed by atoms with Gasteiger partial charge < -0.3 is 0 Å². The Morgan fingerprint density at radius 1 is 1.23 bits per heavy atom. The van der Waals surface area contributed by atoms with E-state index < -0.39 is 10.1 Å². The number of rotatable bonds is 2. The smallest absolute Gasteiger partial charge is 0.282 e. The second-order valence-corrected chi connectivity index (χ2v) is 4.23. The fraction of sp³-hybridized carbons (Fsp3) is 0.143. The van der Waals surface area contributed by atoms with E-state index in [4.69, 9.17) is 4.55 Å². The molecule has 0 bridgehead atoms. The van der Waals surface area contributed by atoms with Crippen molar-refractivity contribution in [3.05, 3.63) is 29.8 Å². The lowest BCUT2D eigenvalue weighted by molar-refractivity contribution is 0.483. The van der Waals surface area contributed by atoms with Gasteiger partial charge in [0.1, 0.15) is 0 Å². The molecule has 0 saturated heterocycles. The van der Waals surface area contributed by atoms with Gasteiger partial charge in [-0.1, -0.05) is 28.1 Å². The summed E-state index contributed by atoms with van der Waals surface area (Å²) in [6.45, 7) is 0. The first-order chi connectivity index (χ1) is 5.54. The summed E-state index contributed by atoms with van der Waals surface area (Å²) in [5, 5.41) is 0.665. The van der Waals surface area contributed by atoms with Crippen LogP contribution >= 0.6 is 28.3 Å². The summed E-state index contributed by atoms with van der Waals surface area (Å²) in [6, 6.07) is 6.01. The van der Waals surface area contributed by atoms with E-state index in [9.17, 15) is 8.42 Å². The third-order valence-corrected chi connectivity index (χ3v) is 2.89. The molecule has 0 aliphatic rings. The molecule has 0 amide bonds. The van der Waals surface area contributed by atoms with Crippen molar-refractivity contribution in [2.45, 2.75) is 10.2 Å². The summed E-state index contributed by atoms with van der Waals surface area (Å²) < 4.78 is 29.8. The lowest BCUT2D eigenvalue weighted by Gasteiger charge is -1.97. The molecule has 0 radical (unpaired) electrons. The number of hydrogen-bond acceptors (Lipinski definition) is 2. The molecule has 6 heteroatoms. The first kappa shape index (κ1) is 12.9. The van der Waals surface area contributed by atoms with Crippen molar-refractivity contribution < 1.29 is 13.0 Å². The lowest BCUT2D eigenvalue weighted by Crippen LogP contribution is -1.97. The minimum atomic E-state index is -4.04. The van der Waals surface area contributed by atoms with Crippen LogP contribution in [0.5, 0.6) is 0 Å². The molecule has 0 heterocycles. The van der Waals surface area contributed by atoms with Gasteiger partial charge in [0, 0.05) is 5.33 Å². The normalized spacial score (nSPS) is 10.6. The average molecular weight is 288 g/mol. The summed E-state index contributed by atoms with van der Waals surface area (Å²) in [5.74, 6) is 0. The summed E-state index contributed by atoms with van der Waals surface area (Å²) >= 11 is 3.22. The quantitative estimate of drug-likeness (QED) is 0.670. The predicted octanol–water partition coefficient (Wildman–Crippen LogP) is 2.25. The van der Waals surface area contributed by atoms with Crippen molar-refractivity contribution in [1.29, 1.82) is 0 Å². The maximum absolute atomic E-state index is 10.6. The molecular formula is C7H8BrClO3S. The molecule has 74 valence electrons. The van der Waals surface area contributed by atoms with Gasteiger partial charge in [0.15, 0.2) is 0 Å². The molecule has 0 unspecified atom stereocenters. The number of benzene rings is 1. The molecule has 1 N–H and O–H groups in total. The molecule has 3 nitrogen and oxygen atoms in total. The first-order valence-corrected chi connectivity index (χ1v) is 5.72.